The molecule has 2 heterocycles. The number of anilines is 1. The number of carbonyl (C=O) groups excluding carboxylic acids is 1. The van der Waals surface area contributed by atoms with E-state index in [4.69, 9.17) is 10.5 Å². The molecule has 4 rings (SSSR count). The Morgan fingerprint density at radius 3 is 2.50 bits per heavy atom. The first-order chi connectivity index (χ1) is 15.4. The molecule has 2 aromatic carbocycles. The minimum Gasteiger partial charge on any atom is -0.420 e. The van der Waals surface area contributed by atoms with E-state index in [0.717, 1.165) is 28.8 Å². The van der Waals surface area contributed by atoms with E-state index in [-0.39, 0.29) is 11.8 Å². The SMILES string of the molecule is CC(=O)Nc1ccc([C@H]2C(C#N)=C(N)Oc3n[nH]c(-c4ccc(CC(C)C)cc4)c32)cc1. The van der Waals surface area contributed by atoms with Gasteiger partial charge >= 0.3 is 0 Å². The number of nitrogens with two attached hydrogens (primary N) is 1. The van der Waals surface area contributed by atoms with E-state index in [2.05, 4.69) is 59.7 Å². The average Bonchev–Trinajstić information content (AvgIpc) is 3.16. The van der Waals surface area contributed by atoms with Crippen molar-refractivity contribution in [3.05, 3.63) is 76.7 Å². The average molecular weight is 428 g/mol. The van der Waals surface area contributed by atoms with Crippen LogP contribution in [0.2, 0.25) is 0 Å². The first-order valence-electron chi connectivity index (χ1n) is 10.5. The van der Waals surface area contributed by atoms with Crippen LogP contribution < -0.4 is 15.8 Å². The Kier molecular flexibility index (Phi) is 5.69. The molecule has 162 valence electrons. The third kappa shape index (κ3) is 4.08. The van der Waals surface area contributed by atoms with Gasteiger partial charge in [-0.2, -0.15) is 5.26 Å². The number of carbonyl (C=O) groups is 1. The number of fused-ring (bicyclic) bond motifs is 1. The van der Waals surface area contributed by atoms with E-state index in [1.807, 2.05) is 12.1 Å². The topological polar surface area (TPSA) is 117 Å². The van der Waals surface area contributed by atoms with Gasteiger partial charge in [-0.1, -0.05) is 50.2 Å². The number of allylic oxidation sites excluding steroid dienone is 1. The van der Waals surface area contributed by atoms with E-state index >= 15 is 0 Å². The summed E-state index contributed by atoms with van der Waals surface area (Å²) >= 11 is 0. The van der Waals surface area contributed by atoms with E-state index in [9.17, 15) is 10.1 Å². The summed E-state index contributed by atoms with van der Waals surface area (Å²) in [5.74, 6) is 0.385. The number of aromatic nitrogens is 2. The minimum atomic E-state index is -0.445. The first kappa shape index (κ1) is 21.2. The molecule has 1 aliphatic heterocycles. The third-order valence-electron chi connectivity index (χ3n) is 5.39. The highest BCUT2D eigenvalue weighted by Crippen LogP contribution is 2.45. The molecule has 7 nitrogen and oxygen atoms in total. The molecule has 0 aliphatic carbocycles. The number of ether oxygens (including phenoxy) is 1. The van der Waals surface area contributed by atoms with Crippen molar-refractivity contribution in [2.45, 2.75) is 33.1 Å². The molecule has 0 radical (unpaired) electrons. The quantitative estimate of drug-likeness (QED) is 0.556. The van der Waals surface area contributed by atoms with Crippen LogP contribution in [-0.4, -0.2) is 16.1 Å². The monoisotopic (exact) mass is 427 g/mol. The number of aromatic amines is 1. The van der Waals surface area contributed by atoms with Gasteiger partial charge in [0, 0.05) is 18.2 Å². The zero-order valence-corrected chi connectivity index (χ0v) is 18.3. The fraction of sp³-hybridized carbons (Fsp3) is 0.240. The summed E-state index contributed by atoms with van der Waals surface area (Å²) in [6.07, 6.45) is 1.01. The van der Waals surface area contributed by atoms with Gasteiger partial charge in [0.1, 0.15) is 11.6 Å². The molecule has 0 fully saturated rings. The Bertz CT molecular complexity index is 1210. The van der Waals surface area contributed by atoms with Crippen molar-refractivity contribution in [1.29, 1.82) is 5.26 Å². The van der Waals surface area contributed by atoms with Crippen molar-refractivity contribution in [1.82, 2.24) is 10.2 Å². The number of hydrogen-bond donors (Lipinski definition) is 3. The second kappa shape index (κ2) is 8.60. The van der Waals surface area contributed by atoms with Crippen LogP contribution in [0.25, 0.3) is 11.3 Å². The van der Waals surface area contributed by atoms with Crippen LogP contribution in [-0.2, 0) is 11.2 Å². The van der Waals surface area contributed by atoms with Crippen molar-refractivity contribution in [2.24, 2.45) is 11.7 Å². The van der Waals surface area contributed by atoms with E-state index < -0.39 is 5.92 Å². The van der Waals surface area contributed by atoms with Gasteiger partial charge in [-0.05, 0) is 35.6 Å². The highest BCUT2D eigenvalue weighted by Gasteiger charge is 2.35. The van der Waals surface area contributed by atoms with Gasteiger partial charge in [0.05, 0.1) is 17.2 Å². The van der Waals surface area contributed by atoms with E-state index in [1.54, 1.807) is 12.1 Å². The van der Waals surface area contributed by atoms with Gasteiger partial charge in [0.15, 0.2) is 0 Å². The van der Waals surface area contributed by atoms with Crippen LogP contribution in [0.15, 0.2) is 60.0 Å². The molecule has 0 unspecified atom stereocenters. The maximum atomic E-state index is 11.3. The summed E-state index contributed by atoms with van der Waals surface area (Å²) in [4.78, 5) is 11.3. The largest absolute Gasteiger partial charge is 0.420 e. The first-order valence-corrected chi connectivity index (χ1v) is 10.5. The molecule has 0 saturated heterocycles. The van der Waals surface area contributed by atoms with Crippen LogP contribution >= 0.6 is 0 Å². The Morgan fingerprint density at radius 1 is 1.22 bits per heavy atom. The highest BCUT2D eigenvalue weighted by atomic mass is 16.5. The summed E-state index contributed by atoms with van der Waals surface area (Å²) in [6.45, 7) is 5.84. The molecule has 1 aromatic heterocycles. The van der Waals surface area contributed by atoms with Crippen molar-refractivity contribution in [3.63, 3.8) is 0 Å². The van der Waals surface area contributed by atoms with Gasteiger partial charge in [0.25, 0.3) is 0 Å². The van der Waals surface area contributed by atoms with Gasteiger partial charge in [-0.3, -0.25) is 9.89 Å². The fourth-order valence-electron chi connectivity index (χ4n) is 4.04. The van der Waals surface area contributed by atoms with E-state index in [0.29, 0.717) is 23.1 Å². The molecule has 4 N–H and O–H groups in total. The van der Waals surface area contributed by atoms with Crippen molar-refractivity contribution in [2.75, 3.05) is 5.32 Å². The zero-order chi connectivity index (χ0) is 22.8. The van der Waals surface area contributed by atoms with Gasteiger partial charge in [-0.25, -0.2) is 0 Å². The molecular formula is C25H25N5O2. The molecule has 32 heavy (non-hydrogen) atoms. The van der Waals surface area contributed by atoms with Gasteiger partial charge in [-0.15, -0.1) is 5.10 Å². The van der Waals surface area contributed by atoms with Crippen molar-refractivity contribution in [3.8, 4) is 23.2 Å². The zero-order valence-electron chi connectivity index (χ0n) is 18.3. The molecule has 0 spiro atoms. The van der Waals surface area contributed by atoms with Gasteiger partial charge < -0.3 is 15.8 Å². The predicted octanol–water partition coefficient (Wildman–Crippen LogP) is 4.45. The van der Waals surface area contributed by atoms with Crippen LogP contribution in [0.3, 0.4) is 0 Å². The molecule has 1 amide bonds. The summed E-state index contributed by atoms with van der Waals surface area (Å²) in [7, 11) is 0. The van der Waals surface area contributed by atoms with Crippen molar-refractivity contribution < 1.29 is 9.53 Å². The number of H-pyrrole nitrogens is 1. The summed E-state index contributed by atoms with van der Waals surface area (Å²) in [5, 5.41) is 20.0. The predicted molar refractivity (Wildman–Crippen MR) is 123 cm³/mol. The van der Waals surface area contributed by atoms with Crippen LogP contribution in [0, 0.1) is 17.2 Å². The maximum Gasteiger partial charge on any atom is 0.244 e. The number of nitrogens with one attached hydrogen (secondary N) is 2. The molecule has 7 heteroatoms. The molecule has 1 aliphatic rings. The summed E-state index contributed by atoms with van der Waals surface area (Å²) < 4.78 is 5.68. The lowest BCUT2D eigenvalue weighted by Gasteiger charge is -2.24. The fourth-order valence-corrected chi connectivity index (χ4v) is 4.04. The number of nitriles is 1. The minimum absolute atomic E-state index is 0.0428. The van der Waals surface area contributed by atoms with Crippen LogP contribution in [0.4, 0.5) is 5.69 Å². The lowest BCUT2D eigenvalue weighted by Crippen LogP contribution is -2.21. The Morgan fingerprint density at radius 2 is 1.91 bits per heavy atom. The summed E-state index contributed by atoms with van der Waals surface area (Å²) in [6, 6.07) is 17.9. The second-order valence-electron chi connectivity index (χ2n) is 8.34. The van der Waals surface area contributed by atoms with E-state index in [1.165, 1.54) is 12.5 Å². The lowest BCUT2D eigenvalue weighted by molar-refractivity contribution is -0.114. The van der Waals surface area contributed by atoms with Gasteiger partial charge in [0.2, 0.25) is 17.7 Å². The lowest BCUT2D eigenvalue weighted by atomic mass is 9.83. The normalized spacial score (nSPS) is 15.2. The van der Waals surface area contributed by atoms with Crippen LogP contribution in [0.1, 0.15) is 43.4 Å². The van der Waals surface area contributed by atoms with Crippen molar-refractivity contribution >= 4 is 11.6 Å². The Labute approximate surface area is 186 Å². The third-order valence-corrected chi connectivity index (χ3v) is 5.39. The molecule has 1 atom stereocenters. The number of hydrogen-bond acceptors (Lipinski definition) is 5. The smallest absolute Gasteiger partial charge is 0.244 e. The number of amides is 1. The standard InChI is InChI=1S/C25H25N5O2/c1-14(2)12-16-4-6-18(7-5-16)23-22-21(17-8-10-19(11-9-17)28-15(3)31)20(13-26)24(27)32-25(22)30-29-23/h4-11,14,21H,12,27H2,1-3H3,(H,28,31)(H,29,30)/t21-/m0/s1. The Hall–Kier alpha value is -4.05. The Balaban J connectivity index is 1.78. The molecular weight excluding hydrogens is 402 g/mol. The van der Waals surface area contributed by atoms with Crippen LogP contribution in [0.5, 0.6) is 5.88 Å². The maximum absolute atomic E-state index is 11.3. The summed E-state index contributed by atoms with van der Waals surface area (Å²) in [5.41, 5.74) is 11.7. The number of nitrogens with zero attached hydrogens (tertiary/aromatic N) is 2. The number of benzene rings is 2. The second-order valence-corrected chi connectivity index (χ2v) is 8.34. The molecule has 3 aromatic rings. The molecule has 0 bridgehead atoms. The number of rotatable bonds is 5. The highest BCUT2D eigenvalue weighted by molar-refractivity contribution is 5.88. The molecule has 0 saturated carbocycles.